The first-order valence-corrected chi connectivity index (χ1v) is 30.9. The smallest absolute Gasteiger partial charge is 0.306 e. The molecule has 0 amide bonds. The van der Waals surface area contributed by atoms with Gasteiger partial charge in [0, 0.05) is 12.8 Å². The first-order valence-electron chi connectivity index (χ1n) is 30.9. The number of aliphatic hydroxyl groups is 7. The zero-order valence-electron chi connectivity index (χ0n) is 48.4. The van der Waals surface area contributed by atoms with Crippen LogP contribution in [0.3, 0.4) is 0 Å². The third-order valence-corrected chi connectivity index (χ3v) is 14.5. The van der Waals surface area contributed by atoms with Crippen LogP contribution in [0, 0.1) is 0 Å². The van der Waals surface area contributed by atoms with Gasteiger partial charge in [-0.25, -0.2) is 0 Å². The average molecular weight is 1110 g/mol. The molecule has 2 saturated heterocycles. The van der Waals surface area contributed by atoms with Crippen molar-refractivity contribution < 1.29 is 73.8 Å². The fourth-order valence-electron chi connectivity index (χ4n) is 9.43. The first kappa shape index (κ1) is 71.3. The van der Waals surface area contributed by atoms with Crippen molar-refractivity contribution in [3.05, 3.63) is 60.8 Å². The summed E-state index contributed by atoms with van der Waals surface area (Å²) in [6.07, 6.45) is 42.3. The van der Waals surface area contributed by atoms with E-state index in [2.05, 4.69) is 74.6 Å². The molecule has 0 radical (unpaired) electrons. The van der Waals surface area contributed by atoms with E-state index in [9.17, 15) is 45.3 Å². The summed E-state index contributed by atoms with van der Waals surface area (Å²) in [7, 11) is 0. The van der Waals surface area contributed by atoms with E-state index in [1.54, 1.807) is 0 Å². The number of hydrogen-bond acceptors (Lipinski definition) is 15. The van der Waals surface area contributed by atoms with Gasteiger partial charge in [-0.1, -0.05) is 197 Å². The lowest BCUT2D eigenvalue weighted by atomic mass is 9.98. The molecule has 2 aliphatic heterocycles. The van der Waals surface area contributed by atoms with Gasteiger partial charge in [-0.15, -0.1) is 0 Å². The second-order valence-electron chi connectivity index (χ2n) is 21.5. The first-order chi connectivity index (χ1) is 38.0. The molecule has 2 fully saturated rings. The Balaban J connectivity index is 1.73. The Hall–Kier alpha value is -2.80. The highest BCUT2D eigenvalue weighted by molar-refractivity contribution is 5.70. The van der Waals surface area contributed by atoms with Crippen molar-refractivity contribution in [3.63, 3.8) is 0 Å². The van der Waals surface area contributed by atoms with Crippen molar-refractivity contribution in [3.8, 4) is 0 Å². The number of aliphatic hydroxyl groups excluding tert-OH is 7. The van der Waals surface area contributed by atoms with E-state index in [4.69, 9.17) is 28.4 Å². The summed E-state index contributed by atoms with van der Waals surface area (Å²) in [4.78, 5) is 26.0. The molecule has 15 heteroatoms. The van der Waals surface area contributed by atoms with Crippen LogP contribution in [-0.2, 0) is 38.0 Å². The van der Waals surface area contributed by atoms with Gasteiger partial charge in [0.05, 0.1) is 19.8 Å². The minimum Gasteiger partial charge on any atom is -0.462 e. The van der Waals surface area contributed by atoms with Gasteiger partial charge in [-0.3, -0.25) is 9.59 Å². The molecule has 11 unspecified atom stereocenters. The lowest BCUT2D eigenvalue weighted by Gasteiger charge is -2.42. The summed E-state index contributed by atoms with van der Waals surface area (Å²) in [5.41, 5.74) is 0. The molecule has 0 aromatic rings. The third-order valence-electron chi connectivity index (χ3n) is 14.5. The molecule has 78 heavy (non-hydrogen) atoms. The van der Waals surface area contributed by atoms with Crippen molar-refractivity contribution in [1.29, 1.82) is 0 Å². The molecule has 0 bridgehead atoms. The van der Waals surface area contributed by atoms with E-state index in [1.807, 2.05) is 0 Å². The second kappa shape index (κ2) is 48.9. The van der Waals surface area contributed by atoms with Crippen molar-refractivity contribution in [2.75, 3.05) is 26.4 Å². The zero-order valence-corrected chi connectivity index (χ0v) is 48.4. The van der Waals surface area contributed by atoms with E-state index in [0.717, 1.165) is 83.5 Å². The number of rotatable bonds is 49. The maximum Gasteiger partial charge on any atom is 0.306 e. The molecule has 0 spiro atoms. The van der Waals surface area contributed by atoms with E-state index >= 15 is 0 Å². The molecule has 2 heterocycles. The summed E-state index contributed by atoms with van der Waals surface area (Å²) in [5.74, 6) is -0.938. The highest BCUT2D eigenvalue weighted by Crippen LogP contribution is 2.27. The maximum atomic E-state index is 13.1. The molecule has 452 valence electrons. The van der Waals surface area contributed by atoms with Crippen LogP contribution in [0.25, 0.3) is 0 Å². The number of hydrogen-bond donors (Lipinski definition) is 7. The van der Waals surface area contributed by atoms with Crippen molar-refractivity contribution >= 4 is 11.9 Å². The van der Waals surface area contributed by atoms with Crippen LogP contribution in [0.4, 0.5) is 0 Å². The standard InChI is InChI=1S/C63H110O15/c1-3-5-7-9-11-13-15-17-19-21-23-24-25-26-28-29-31-33-35-37-39-41-43-45-54(65)73-48-51(76-55(66)46-44-42-40-38-36-34-32-30-27-22-20-18-16-14-12-10-8-6-4-2)49-74-62-61(72)59(70)57(68)53(78-62)50-75-63-60(71)58(69)56(67)52(47-64)77-63/h12,14-15,17-18,20-21,23,27,30,51-53,56-64,67-72H,3-11,13,16,19,22,24-26,28-29,31-50H2,1-2H3/b14-12-,17-15-,20-18-,23-21-,30-27-. The second-order valence-corrected chi connectivity index (χ2v) is 21.5. The van der Waals surface area contributed by atoms with Crippen LogP contribution < -0.4 is 0 Å². The molecule has 11 atom stereocenters. The third kappa shape index (κ3) is 35.1. The van der Waals surface area contributed by atoms with Crippen LogP contribution in [0.2, 0.25) is 0 Å². The molecule has 2 rings (SSSR count). The Bertz CT molecular complexity index is 1580. The molecule has 7 N–H and O–H groups in total. The zero-order chi connectivity index (χ0) is 56.7. The lowest BCUT2D eigenvalue weighted by Crippen LogP contribution is -2.61. The minimum absolute atomic E-state index is 0.149. The van der Waals surface area contributed by atoms with Gasteiger partial charge in [-0.2, -0.15) is 0 Å². The minimum atomic E-state index is -1.77. The van der Waals surface area contributed by atoms with E-state index < -0.39 is 92.7 Å². The molecular weight excluding hydrogens is 997 g/mol. The van der Waals surface area contributed by atoms with Gasteiger partial charge in [0.2, 0.25) is 0 Å². The normalized spacial score (nSPS) is 24.4. The number of carbonyl (C=O) groups excluding carboxylic acids is 2. The van der Waals surface area contributed by atoms with Crippen LogP contribution >= 0.6 is 0 Å². The Labute approximate surface area is 470 Å². The molecule has 0 aromatic carbocycles. The predicted octanol–water partition coefficient (Wildman–Crippen LogP) is 11.2. The molecular formula is C63H110O15. The van der Waals surface area contributed by atoms with Gasteiger partial charge in [-0.05, 0) is 83.5 Å². The van der Waals surface area contributed by atoms with Gasteiger partial charge in [0.1, 0.15) is 55.4 Å². The molecule has 0 aliphatic carbocycles. The van der Waals surface area contributed by atoms with Crippen molar-refractivity contribution in [2.24, 2.45) is 0 Å². The highest BCUT2D eigenvalue weighted by Gasteiger charge is 2.47. The quantitative estimate of drug-likeness (QED) is 0.0171. The predicted molar refractivity (Wildman–Crippen MR) is 307 cm³/mol. The van der Waals surface area contributed by atoms with Gasteiger partial charge < -0.3 is 64.2 Å². The summed E-state index contributed by atoms with van der Waals surface area (Å²) >= 11 is 0. The number of allylic oxidation sites excluding steroid dienone is 10. The topological polar surface area (TPSA) is 231 Å². The SMILES string of the molecule is CCCCC/C=C\C/C=C\C/C=C\CCCCCCCCC(=O)OC(COC(=O)CCCCCCCCCCCCC/C=C\C/C=C\CCCCCCC)COC1OC(COC2OC(CO)C(O)C(O)C2O)C(O)C(O)C1O. The van der Waals surface area contributed by atoms with Gasteiger partial charge in [0.25, 0.3) is 0 Å². The lowest BCUT2D eigenvalue weighted by molar-refractivity contribution is -0.332. The van der Waals surface area contributed by atoms with Crippen LogP contribution in [0.15, 0.2) is 60.8 Å². The number of carbonyl (C=O) groups is 2. The van der Waals surface area contributed by atoms with Crippen LogP contribution in [0.5, 0.6) is 0 Å². The van der Waals surface area contributed by atoms with Gasteiger partial charge >= 0.3 is 11.9 Å². The number of ether oxygens (including phenoxy) is 6. The summed E-state index contributed by atoms with van der Waals surface area (Å²) < 4.78 is 33.7. The fraction of sp³-hybridized carbons (Fsp3) is 0.810. The highest BCUT2D eigenvalue weighted by atomic mass is 16.7. The Morgan fingerprint density at radius 2 is 0.769 bits per heavy atom. The molecule has 0 aromatic heterocycles. The van der Waals surface area contributed by atoms with Crippen LogP contribution in [-0.4, -0.2) is 142 Å². The average Bonchev–Trinajstić information content (AvgIpc) is 3.43. The summed E-state index contributed by atoms with van der Waals surface area (Å²) in [6.45, 7) is 2.57. The van der Waals surface area contributed by atoms with Gasteiger partial charge in [0.15, 0.2) is 18.7 Å². The largest absolute Gasteiger partial charge is 0.462 e. The van der Waals surface area contributed by atoms with E-state index in [0.29, 0.717) is 12.8 Å². The molecule has 15 nitrogen and oxygen atoms in total. The summed E-state index contributed by atoms with van der Waals surface area (Å²) in [5, 5.41) is 72.4. The van der Waals surface area contributed by atoms with Crippen LogP contribution in [0.1, 0.15) is 232 Å². The Kier molecular flexibility index (Phi) is 44.7. The number of esters is 2. The molecule has 0 saturated carbocycles. The Morgan fingerprint density at radius 3 is 1.23 bits per heavy atom. The summed E-state index contributed by atoms with van der Waals surface area (Å²) in [6, 6.07) is 0. The van der Waals surface area contributed by atoms with Crippen molar-refractivity contribution in [2.45, 2.75) is 300 Å². The number of unbranched alkanes of at least 4 members (excludes halogenated alkanes) is 25. The maximum absolute atomic E-state index is 13.1. The Morgan fingerprint density at radius 1 is 0.410 bits per heavy atom. The monoisotopic (exact) mass is 1110 g/mol. The van der Waals surface area contributed by atoms with Crippen molar-refractivity contribution in [1.82, 2.24) is 0 Å². The van der Waals surface area contributed by atoms with E-state index in [-0.39, 0.29) is 26.1 Å². The molecule has 2 aliphatic rings. The fourth-order valence-corrected chi connectivity index (χ4v) is 9.43. The van der Waals surface area contributed by atoms with E-state index in [1.165, 1.54) is 109 Å².